The second kappa shape index (κ2) is 11.6. The Morgan fingerprint density at radius 3 is 1.91 bits per heavy atom. The minimum atomic E-state index is -1.91. The molecule has 4 aliphatic rings. The molecular weight excluding hydrogens is 612 g/mol. The standard InChI is InChI=1S/C35H46O12/c1-18-14-34(42)26(27(18)46-29(40)23-12-10-9-11-13-23)28(44-20(3)37)32(7)17-35(47-22(5)39)24(33(32,8)30(34)45-21(4)38)15-31(6,41)16-25(35)43-19(2)36/h9-13,18,24-28,30,41-42H,14-17H2,1-8H3/t18?,24-,25?,26+,27?,28?,30?,31?,32?,33?,34?,35?/m0/s1. The fourth-order valence-electron chi connectivity index (χ4n) is 10.0. The minimum Gasteiger partial charge on any atom is -0.461 e. The summed E-state index contributed by atoms with van der Waals surface area (Å²) in [7, 11) is 0. The Bertz CT molecular complexity index is 1460. The van der Waals surface area contributed by atoms with Crippen molar-refractivity contribution >= 4 is 29.8 Å². The summed E-state index contributed by atoms with van der Waals surface area (Å²) >= 11 is 0. The van der Waals surface area contributed by atoms with E-state index in [0.717, 1.165) is 0 Å². The molecule has 0 heterocycles. The van der Waals surface area contributed by atoms with Crippen LogP contribution < -0.4 is 0 Å². The van der Waals surface area contributed by atoms with Crippen molar-refractivity contribution in [1.29, 1.82) is 0 Å². The Morgan fingerprint density at radius 1 is 0.766 bits per heavy atom. The first-order chi connectivity index (χ1) is 21.7. The monoisotopic (exact) mass is 658 g/mol. The predicted molar refractivity (Wildman–Crippen MR) is 163 cm³/mol. The van der Waals surface area contributed by atoms with Gasteiger partial charge in [-0.25, -0.2) is 4.79 Å². The van der Waals surface area contributed by atoms with Gasteiger partial charge >= 0.3 is 29.8 Å². The van der Waals surface area contributed by atoms with Crippen LogP contribution in [0.15, 0.2) is 30.3 Å². The van der Waals surface area contributed by atoms with E-state index in [9.17, 15) is 34.2 Å². The van der Waals surface area contributed by atoms with Crippen molar-refractivity contribution in [3.8, 4) is 0 Å². The summed E-state index contributed by atoms with van der Waals surface area (Å²) in [5, 5.41) is 24.6. The van der Waals surface area contributed by atoms with Crippen molar-refractivity contribution in [2.45, 2.75) is 122 Å². The number of hydrogen-bond donors (Lipinski definition) is 2. The highest BCUT2D eigenvalue weighted by Crippen LogP contribution is 2.76. The average Bonchev–Trinajstić information content (AvgIpc) is 3.30. The van der Waals surface area contributed by atoms with Crippen LogP contribution in [0.5, 0.6) is 0 Å². The summed E-state index contributed by atoms with van der Waals surface area (Å²) in [5.74, 6) is -5.76. The molecule has 2 N–H and O–H groups in total. The van der Waals surface area contributed by atoms with Crippen LogP contribution in [-0.2, 0) is 42.9 Å². The van der Waals surface area contributed by atoms with E-state index < -0.39 is 99.6 Å². The van der Waals surface area contributed by atoms with Gasteiger partial charge in [-0.15, -0.1) is 0 Å². The lowest BCUT2D eigenvalue weighted by atomic mass is 9.46. The molecule has 0 bridgehead atoms. The van der Waals surface area contributed by atoms with Gasteiger partial charge in [-0.2, -0.15) is 0 Å². The Morgan fingerprint density at radius 2 is 1.36 bits per heavy atom. The van der Waals surface area contributed by atoms with Gasteiger partial charge in [0.2, 0.25) is 0 Å². The third kappa shape index (κ3) is 5.41. The fraction of sp³-hybridized carbons (Fsp3) is 0.686. The van der Waals surface area contributed by atoms with Crippen LogP contribution in [0.25, 0.3) is 0 Å². The van der Waals surface area contributed by atoms with Gasteiger partial charge in [0.1, 0.15) is 30.0 Å². The maximum Gasteiger partial charge on any atom is 0.338 e. The largest absolute Gasteiger partial charge is 0.461 e. The first-order valence-electron chi connectivity index (χ1n) is 16.1. The summed E-state index contributed by atoms with van der Waals surface area (Å²) in [4.78, 5) is 64.6. The van der Waals surface area contributed by atoms with Crippen molar-refractivity contribution in [3.63, 3.8) is 0 Å². The highest BCUT2D eigenvalue weighted by Gasteiger charge is 2.85. The zero-order valence-electron chi connectivity index (χ0n) is 28.2. The van der Waals surface area contributed by atoms with E-state index in [2.05, 4.69) is 0 Å². The molecule has 12 heteroatoms. The molecule has 0 spiro atoms. The van der Waals surface area contributed by atoms with Gasteiger partial charge < -0.3 is 33.9 Å². The molecule has 0 saturated heterocycles. The number of rotatable bonds is 6. The van der Waals surface area contributed by atoms with Crippen molar-refractivity contribution in [2.75, 3.05) is 0 Å². The lowest BCUT2D eigenvalue weighted by Crippen LogP contribution is -2.73. The molecule has 12 nitrogen and oxygen atoms in total. The van der Waals surface area contributed by atoms with Crippen molar-refractivity contribution < 1.29 is 57.9 Å². The first kappa shape index (κ1) is 34.8. The number of benzene rings is 1. The number of hydrogen-bond acceptors (Lipinski definition) is 12. The summed E-state index contributed by atoms with van der Waals surface area (Å²) in [6.07, 6.45) is -4.71. The van der Waals surface area contributed by atoms with Gasteiger partial charge in [0, 0.05) is 57.3 Å². The SMILES string of the molecule is CC(=O)OC1CC(C)(O)C[C@@H]2C1(OC(C)=O)CC1(C)C(OC(C)=O)[C@H]3C(OC(=O)c4ccccc4)C(C)CC3(O)C(OC(C)=O)C21C. The van der Waals surface area contributed by atoms with E-state index in [-0.39, 0.29) is 31.2 Å². The Labute approximate surface area is 274 Å². The van der Waals surface area contributed by atoms with E-state index in [1.165, 1.54) is 27.7 Å². The van der Waals surface area contributed by atoms with E-state index in [4.69, 9.17) is 23.7 Å². The van der Waals surface area contributed by atoms with Gasteiger partial charge in [0.15, 0.2) is 5.60 Å². The van der Waals surface area contributed by atoms with Crippen LogP contribution in [0.3, 0.4) is 0 Å². The average molecular weight is 659 g/mol. The molecule has 1 aromatic carbocycles. The molecule has 4 aliphatic carbocycles. The molecule has 258 valence electrons. The molecular formula is C35H46O12. The van der Waals surface area contributed by atoms with Gasteiger partial charge in [0.05, 0.1) is 17.1 Å². The molecule has 0 radical (unpaired) electrons. The number of fused-ring (bicyclic) bond motifs is 4. The second-order valence-corrected chi connectivity index (χ2v) is 14.9. The Balaban J connectivity index is 1.76. The summed E-state index contributed by atoms with van der Waals surface area (Å²) in [6.45, 7) is 11.9. The molecule has 0 aromatic heterocycles. The van der Waals surface area contributed by atoms with Crippen molar-refractivity contribution in [1.82, 2.24) is 0 Å². The number of aliphatic hydroxyl groups is 2. The van der Waals surface area contributed by atoms with Gasteiger partial charge in [-0.3, -0.25) is 19.2 Å². The van der Waals surface area contributed by atoms with Gasteiger partial charge in [-0.1, -0.05) is 39.0 Å². The highest BCUT2D eigenvalue weighted by molar-refractivity contribution is 5.89. The molecule has 0 aliphatic heterocycles. The van der Waals surface area contributed by atoms with E-state index in [1.807, 2.05) is 0 Å². The number of carbonyl (C=O) groups excluding carboxylic acids is 5. The molecule has 4 fully saturated rings. The third-order valence-electron chi connectivity index (χ3n) is 11.6. The van der Waals surface area contributed by atoms with Crippen LogP contribution in [0.2, 0.25) is 0 Å². The van der Waals surface area contributed by atoms with Crippen molar-refractivity contribution in [2.24, 2.45) is 28.6 Å². The Hall–Kier alpha value is -3.51. The smallest absolute Gasteiger partial charge is 0.338 e. The Kier molecular flexibility index (Phi) is 8.57. The lowest BCUT2D eigenvalue weighted by molar-refractivity contribution is -0.290. The molecule has 10 unspecified atom stereocenters. The van der Waals surface area contributed by atoms with Crippen LogP contribution >= 0.6 is 0 Å². The molecule has 5 rings (SSSR count). The van der Waals surface area contributed by atoms with E-state index in [0.29, 0.717) is 0 Å². The van der Waals surface area contributed by atoms with Gasteiger partial charge in [-0.05, 0) is 37.8 Å². The number of ether oxygens (including phenoxy) is 5. The summed E-state index contributed by atoms with van der Waals surface area (Å²) in [6, 6.07) is 8.35. The normalized spacial score (nSPS) is 43.4. The molecule has 1 aromatic rings. The topological polar surface area (TPSA) is 172 Å². The molecule has 0 amide bonds. The second-order valence-electron chi connectivity index (χ2n) is 14.9. The zero-order valence-corrected chi connectivity index (χ0v) is 28.2. The van der Waals surface area contributed by atoms with Crippen LogP contribution in [-0.4, -0.2) is 81.3 Å². The number of esters is 5. The molecule has 47 heavy (non-hydrogen) atoms. The number of carbonyl (C=O) groups is 5. The maximum atomic E-state index is 13.4. The summed E-state index contributed by atoms with van der Waals surface area (Å²) in [5.41, 5.74) is -7.26. The fourth-order valence-corrected chi connectivity index (χ4v) is 10.0. The van der Waals surface area contributed by atoms with Crippen LogP contribution in [0.1, 0.15) is 91.4 Å². The van der Waals surface area contributed by atoms with Crippen LogP contribution in [0.4, 0.5) is 0 Å². The third-order valence-corrected chi connectivity index (χ3v) is 11.6. The van der Waals surface area contributed by atoms with Gasteiger partial charge in [0.25, 0.3) is 0 Å². The maximum absolute atomic E-state index is 13.4. The van der Waals surface area contributed by atoms with E-state index in [1.54, 1.807) is 58.0 Å². The zero-order chi connectivity index (χ0) is 34.9. The quantitative estimate of drug-likeness (QED) is 0.338. The van der Waals surface area contributed by atoms with Crippen LogP contribution in [0, 0.1) is 28.6 Å². The minimum absolute atomic E-state index is 0.00281. The predicted octanol–water partition coefficient (Wildman–Crippen LogP) is 3.29. The van der Waals surface area contributed by atoms with E-state index >= 15 is 0 Å². The highest BCUT2D eigenvalue weighted by atomic mass is 16.6. The lowest BCUT2D eigenvalue weighted by Gasteiger charge is -2.63. The molecule has 4 saturated carbocycles. The van der Waals surface area contributed by atoms with Crippen molar-refractivity contribution in [3.05, 3.63) is 35.9 Å². The summed E-state index contributed by atoms with van der Waals surface area (Å²) < 4.78 is 30.4. The molecule has 12 atom stereocenters. The first-order valence-corrected chi connectivity index (χ1v) is 16.1.